The van der Waals surface area contributed by atoms with Crippen molar-refractivity contribution >= 4 is 40.9 Å². The molecule has 0 radical (unpaired) electrons. The summed E-state index contributed by atoms with van der Waals surface area (Å²) in [6.07, 6.45) is 0. The predicted molar refractivity (Wildman–Crippen MR) is 153 cm³/mol. The van der Waals surface area contributed by atoms with Crippen LogP contribution in [0, 0.1) is 13.8 Å². The van der Waals surface area contributed by atoms with E-state index in [9.17, 15) is 4.79 Å². The molecule has 0 aliphatic carbocycles. The van der Waals surface area contributed by atoms with Gasteiger partial charge in [0, 0.05) is 27.7 Å². The molecule has 1 atom stereocenters. The smallest absolute Gasteiger partial charge is 0.255 e. The molecule has 1 aromatic heterocycles. The molecule has 5 rings (SSSR count). The van der Waals surface area contributed by atoms with Gasteiger partial charge in [-0.1, -0.05) is 65.3 Å². The molecule has 9 heteroatoms. The van der Waals surface area contributed by atoms with Crippen molar-refractivity contribution in [3.05, 3.63) is 105 Å². The van der Waals surface area contributed by atoms with Gasteiger partial charge in [-0.05, 0) is 62.2 Å². The molecule has 2 heterocycles. The van der Waals surface area contributed by atoms with Gasteiger partial charge in [-0.25, -0.2) is 4.68 Å². The van der Waals surface area contributed by atoms with Crippen molar-refractivity contribution in [2.24, 2.45) is 0 Å². The van der Waals surface area contributed by atoms with Gasteiger partial charge >= 0.3 is 0 Å². The number of anilines is 2. The second kappa shape index (κ2) is 10.9. The molecule has 194 valence electrons. The second-order valence-corrected chi connectivity index (χ2v) is 10.5. The van der Waals surface area contributed by atoms with E-state index in [2.05, 4.69) is 42.7 Å². The minimum absolute atomic E-state index is 0.254. The van der Waals surface area contributed by atoms with Crippen molar-refractivity contribution in [2.75, 3.05) is 17.7 Å². The van der Waals surface area contributed by atoms with Crippen LogP contribution in [-0.2, 0) is 10.5 Å². The van der Waals surface area contributed by atoms with Crippen LogP contribution >= 0.6 is 23.4 Å². The van der Waals surface area contributed by atoms with Gasteiger partial charge < -0.3 is 15.4 Å². The first-order chi connectivity index (χ1) is 18.3. The van der Waals surface area contributed by atoms with Crippen molar-refractivity contribution < 1.29 is 9.53 Å². The molecule has 1 aliphatic heterocycles. The molecule has 0 saturated heterocycles. The van der Waals surface area contributed by atoms with Crippen molar-refractivity contribution in [2.45, 2.75) is 37.7 Å². The normalized spacial score (nSPS) is 14.6. The van der Waals surface area contributed by atoms with Gasteiger partial charge in [-0.15, -0.1) is 5.10 Å². The minimum Gasteiger partial charge on any atom is -0.497 e. The summed E-state index contributed by atoms with van der Waals surface area (Å²) in [5, 5.41) is 12.3. The molecule has 0 saturated carbocycles. The summed E-state index contributed by atoms with van der Waals surface area (Å²) in [7, 11) is 1.61. The minimum atomic E-state index is -0.554. The Balaban J connectivity index is 1.48. The highest BCUT2D eigenvalue weighted by Gasteiger charge is 2.35. The number of aryl methyl sites for hydroxylation is 2. The number of aromatic nitrogens is 3. The number of fused-ring (bicyclic) bond motifs is 1. The lowest BCUT2D eigenvalue weighted by atomic mass is 9.95. The van der Waals surface area contributed by atoms with E-state index in [-0.39, 0.29) is 5.91 Å². The average Bonchev–Trinajstić information content (AvgIpc) is 3.30. The number of allylic oxidation sites excluding steroid dienone is 1. The number of rotatable bonds is 7. The van der Waals surface area contributed by atoms with Crippen LogP contribution < -0.4 is 15.4 Å². The van der Waals surface area contributed by atoms with Crippen LogP contribution in [0.2, 0.25) is 5.02 Å². The van der Waals surface area contributed by atoms with E-state index < -0.39 is 6.04 Å². The van der Waals surface area contributed by atoms with Crippen molar-refractivity contribution in [1.82, 2.24) is 14.8 Å². The van der Waals surface area contributed by atoms with Crippen LogP contribution in [0.4, 0.5) is 11.6 Å². The molecule has 2 N–H and O–H groups in total. The SMILES string of the molecule is COc1ccc(NC(=O)C2=C(C)Nc3nc(SCc4ccc(C)cc4C)nn3[C@@H]2c2ccccc2Cl)cc1. The Morgan fingerprint density at radius 3 is 2.58 bits per heavy atom. The largest absolute Gasteiger partial charge is 0.497 e. The molecule has 4 aromatic rings. The highest BCUT2D eigenvalue weighted by Crippen LogP contribution is 2.39. The van der Waals surface area contributed by atoms with Gasteiger partial charge in [-0.2, -0.15) is 4.98 Å². The lowest BCUT2D eigenvalue weighted by Crippen LogP contribution is -2.31. The second-order valence-electron chi connectivity index (χ2n) is 9.15. The number of carbonyl (C=O) groups excluding carboxylic acids is 1. The number of hydrogen-bond donors (Lipinski definition) is 2. The van der Waals surface area contributed by atoms with Crippen LogP contribution in [0.1, 0.15) is 35.2 Å². The maximum absolute atomic E-state index is 13.7. The molecule has 1 aliphatic rings. The van der Waals surface area contributed by atoms with Crippen molar-refractivity contribution in [1.29, 1.82) is 0 Å². The number of thioether (sulfide) groups is 1. The quantitative estimate of drug-likeness (QED) is 0.249. The zero-order chi connectivity index (χ0) is 26.8. The maximum atomic E-state index is 13.7. The molecular weight excluding hydrogens is 518 g/mol. The third kappa shape index (κ3) is 5.28. The molecule has 3 aromatic carbocycles. The number of ether oxygens (including phenoxy) is 1. The number of carbonyl (C=O) groups is 1. The average molecular weight is 546 g/mol. The summed E-state index contributed by atoms with van der Waals surface area (Å²) in [6.45, 7) is 6.07. The molecule has 0 fully saturated rings. The monoisotopic (exact) mass is 545 g/mol. The Bertz CT molecular complexity index is 1530. The number of halogens is 1. The Morgan fingerprint density at radius 1 is 1.11 bits per heavy atom. The van der Waals surface area contributed by atoms with E-state index in [1.54, 1.807) is 47.8 Å². The molecule has 38 heavy (non-hydrogen) atoms. The van der Waals surface area contributed by atoms with E-state index in [0.717, 1.165) is 11.3 Å². The van der Waals surface area contributed by atoms with E-state index in [0.29, 0.717) is 38.8 Å². The summed E-state index contributed by atoms with van der Waals surface area (Å²) >= 11 is 8.22. The molecule has 0 unspecified atom stereocenters. The molecule has 1 amide bonds. The Labute approximate surface area is 231 Å². The standard InChI is InChI=1S/C29H28ClN5O2S/c1-17-9-10-20(18(2)15-17)16-38-29-33-28-31-19(3)25(27(36)32-21-11-13-22(37-4)14-12-21)26(35(28)34-29)23-7-5-6-8-24(23)30/h5-15,26H,16H2,1-4H3,(H,32,36)(H,31,33,34)/t26-/m1/s1. The zero-order valence-corrected chi connectivity index (χ0v) is 23.2. The summed E-state index contributed by atoms with van der Waals surface area (Å²) in [5.41, 5.74) is 6.33. The number of nitrogens with one attached hydrogen (secondary N) is 2. The fourth-order valence-electron chi connectivity index (χ4n) is 4.49. The number of methoxy groups -OCH3 is 1. The third-order valence-electron chi connectivity index (χ3n) is 6.48. The predicted octanol–water partition coefficient (Wildman–Crippen LogP) is 6.78. The Hall–Kier alpha value is -3.75. The van der Waals surface area contributed by atoms with Gasteiger partial charge in [0.15, 0.2) is 0 Å². The van der Waals surface area contributed by atoms with Gasteiger partial charge in [0.2, 0.25) is 11.1 Å². The Morgan fingerprint density at radius 2 is 1.87 bits per heavy atom. The molecule has 0 spiro atoms. The molecule has 0 bridgehead atoms. The van der Waals surface area contributed by atoms with Gasteiger partial charge in [0.05, 0.1) is 12.7 Å². The highest BCUT2D eigenvalue weighted by molar-refractivity contribution is 7.98. The van der Waals surface area contributed by atoms with Gasteiger partial charge in [-0.3, -0.25) is 4.79 Å². The number of amides is 1. The van der Waals surface area contributed by atoms with E-state index in [1.165, 1.54) is 16.7 Å². The van der Waals surface area contributed by atoms with E-state index in [4.69, 9.17) is 26.4 Å². The fraction of sp³-hybridized carbons (Fsp3) is 0.207. The first-order valence-corrected chi connectivity index (χ1v) is 13.5. The van der Waals surface area contributed by atoms with Crippen LogP contribution in [-0.4, -0.2) is 27.8 Å². The summed E-state index contributed by atoms with van der Waals surface area (Å²) in [6, 6.07) is 20.6. The van der Waals surface area contributed by atoms with E-state index in [1.807, 2.05) is 31.2 Å². The van der Waals surface area contributed by atoms with Crippen molar-refractivity contribution in [3.8, 4) is 5.75 Å². The van der Waals surface area contributed by atoms with Crippen molar-refractivity contribution in [3.63, 3.8) is 0 Å². The highest BCUT2D eigenvalue weighted by atomic mass is 35.5. The fourth-order valence-corrected chi connectivity index (χ4v) is 5.64. The number of benzene rings is 3. The lowest BCUT2D eigenvalue weighted by molar-refractivity contribution is -0.113. The molecule has 7 nitrogen and oxygen atoms in total. The van der Waals surface area contributed by atoms with Crippen LogP contribution in [0.15, 0.2) is 83.2 Å². The third-order valence-corrected chi connectivity index (χ3v) is 7.71. The van der Waals surface area contributed by atoms with Crippen LogP contribution in [0.5, 0.6) is 5.75 Å². The zero-order valence-electron chi connectivity index (χ0n) is 21.6. The maximum Gasteiger partial charge on any atom is 0.255 e. The summed E-state index contributed by atoms with van der Waals surface area (Å²) < 4.78 is 6.98. The first-order valence-electron chi connectivity index (χ1n) is 12.2. The van der Waals surface area contributed by atoms with Crippen LogP contribution in [0.3, 0.4) is 0 Å². The van der Waals surface area contributed by atoms with Crippen LogP contribution in [0.25, 0.3) is 0 Å². The van der Waals surface area contributed by atoms with Gasteiger partial charge in [0.1, 0.15) is 11.8 Å². The topological polar surface area (TPSA) is 81.1 Å². The lowest BCUT2D eigenvalue weighted by Gasteiger charge is -2.29. The Kier molecular flexibility index (Phi) is 7.44. The summed E-state index contributed by atoms with van der Waals surface area (Å²) in [5.74, 6) is 1.76. The van der Waals surface area contributed by atoms with E-state index >= 15 is 0 Å². The number of nitrogens with zero attached hydrogens (tertiary/aromatic N) is 3. The first kappa shape index (κ1) is 25.9. The summed E-state index contributed by atoms with van der Waals surface area (Å²) in [4.78, 5) is 18.4. The van der Waals surface area contributed by atoms with Gasteiger partial charge in [0.25, 0.3) is 5.91 Å². The molecular formula is C29H28ClN5O2S. The number of hydrogen-bond acceptors (Lipinski definition) is 6.